The molecule has 2 atom stereocenters. The lowest BCUT2D eigenvalue weighted by molar-refractivity contribution is 0.303. The van der Waals surface area contributed by atoms with Crippen LogP contribution >= 0.6 is 0 Å². The zero-order valence-corrected chi connectivity index (χ0v) is 10.3. The Balaban J connectivity index is 1.57. The first-order chi connectivity index (χ1) is 7.25. The van der Waals surface area contributed by atoms with Crippen molar-refractivity contribution in [1.82, 2.24) is 10.2 Å². The quantitative estimate of drug-likeness (QED) is 0.699. The smallest absolute Gasteiger partial charge is 0.00129 e. The number of rotatable bonds is 5. The number of fused-ring (bicyclic) bond motifs is 1. The molecule has 1 saturated carbocycles. The van der Waals surface area contributed by atoms with Crippen LogP contribution in [-0.4, -0.2) is 37.1 Å². The van der Waals surface area contributed by atoms with Crippen molar-refractivity contribution < 1.29 is 0 Å². The summed E-state index contributed by atoms with van der Waals surface area (Å²) < 4.78 is 0. The molecule has 2 rings (SSSR count). The van der Waals surface area contributed by atoms with Crippen molar-refractivity contribution in [2.45, 2.75) is 45.6 Å². The maximum absolute atomic E-state index is 3.49. The number of hydrogen-bond acceptors (Lipinski definition) is 2. The van der Waals surface area contributed by atoms with E-state index in [2.05, 4.69) is 24.1 Å². The summed E-state index contributed by atoms with van der Waals surface area (Å²) in [5.74, 6) is 2.12. The Morgan fingerprint density at radius 1 is 1.20 bits per heavy atom. The Morgan fingerprint density at radius 3 is 2.47 bits per heavy atom. The molecule has 0 aromatic rings. The average molecular weight is 210 g/mol. The third kappa shape index (κ3) is 3.18. The molecule has 1 heterocycles. The molecule has 0 amide bonds. The second-order valence-corrected chi connectivity index (χ2v) is 5.67. The first kappa shape index (κ1) is 11.4. The lowest BCUT2D eigenvalue weighted by atomic mass is 10.0. The largest absolute Gasteiger partial charge is 0.314 e. The third-order valence-corrected chi connectivity index (χ3v) is 4.01. The number of nitrogens with zero attached hydrogens (tertiary/aromatic N) is 1. The average Bonchev–Trinajstić information content (AvgIpc) is 2.71. The van der Waals surface area contributed by atoms with Crippen LogP contribution in [0.1, 0.15) is 39.5 Å². The number of nitrogens with one attached hydrogen (secondary N) is 1. The lowest BCUT2D eigenvalue weighted by Crippen LogP contribution is -2.29. The molecule has 15 heavy (non-hydrogen) atoms. The van der Waals surface area contributed by atoms with E-state index in [9.17, 15) is 0 Å². The van der Waals surface area contributed by atoms with Gasteiger partial charge in [-0.25, -0.2) is 0 Å². The lowest BCUT2D eigenvalue weighted by Gasteiger charge is -2.17. The first-order valence-corrected chi connectivity index (χ1v) is 6.71. The molecule has 2 heteroatoms. The van der Waals surface area contributed by atoms with Crippen LogP contribution in [-0.2, 0) is 0 Å². The van der Waals surface area contributed by atoms with E-state index in [4.69, 9.17) is 0 Å². The summed E-state index contributed by atoms with van der Waals surface area (Å²) >= 11 is 0. The molecule has 0 bridgehead atoms. The number of hydrogen-bond donors (Lipinski definition) is 1. The van der Waals surface area contributed by atoms with Gasteiger partial charge < -0.3 is 10.2 Å². The molecule has 2 fully saturated rings. The molecule has 1 aliphatic carbocycles. The Kier molecular flexibility index (Phi) is 4.04. The predicted octanol–water partition coefficient (Wildman–Crippen LogP) is 2.11. The summed E-state index contributed by atoms with van der Waals surface area (Å²) in [5, 5.41) is 3.49. The van der Waals surface area contributed by atoms with Gasteiger partial charge in [0.2, 0.25) is 0 Å². The van der Waals surface area contributed by atoms with Crippen molar-refractivity contribution in [2.75, 3.05) is 26.2 Å². The van der Waals surface area contributed by atoms with Crippen molar-refractivity contribution in [2.24, 2.45) is 11.8 Å². The van der Waals surface area contributed by atoms with Gasteiger partial charge in [0.15, 0.2) is 0 Å². The predicted molar refractivity (Wildman–Crippen MR) is 65.0 cm³/mol. The highest BCUT2D eigenvalue weighted by Gasteiger charge is 2.35. The standard InChI is InChI=1S/C13H26N2/c1-11(2)14-7-4-8-15-9-12-5-3-6-13(12)10-15/h11-14H,3-10H2,1-2H3. The molecule has 0 spiro atoms. The van der Waals surface area contributed by atoms with Crippen LogP contribution in [0.25, 0.3) is 0 Å². The highest BCUT2D eigenvalue weighted by molar-refractivity contribution is 4.88. The SMILES string of the molecule is CC(C)NCCCN1CC2CCCC2C1. The van der Waals surface area contributed by atoms with Gasteiger partial charge >= 0.3 is 0 Å². The van der Waals surface area contributed by atoms with E-state index >= 15 is 0 Å². The third-order valence-electron chi connectivity index (χ3n) is 4.01. The van der Waals surface area contributed by atoms with Crippen LogP contribution in [0.3, 0.4) is 0 Å². The van der Waals surface area contributed by atoms with Crippen LogP contribution in [0.5, 0.6) is 0 Å². The molecule has 0 aromatic carbocycles. The second-order valence-electron chi connectivity index (χ2n) is 5.67. The topological polar surface area (TPSA) is 15.3 Å². The molecular weight excluding hydrogens is 184 g/mol. The molecule has 2 aliphatic rings. The van der Waals surface area contributed by atoms with E-state index in [0.29, 0.717) is 6.04 Å². The Hall–Kier alpha value is -0.0800. The van der Waals surface area contributed by atoms with Crippen molar-refractivity contribution in [3.63, 3.8) is 0 Å². The molecule has 0 aromatic heterocycles. The molecular formula is C13H26N2. The summed E-state index contributed by atoms with van der Waals surface area (Å²) in [6.07, 6.45) is 5.83. The molecule has 2 unspecified atom stereocenters. The van der Waals surface area contributed by atoms with Gasteiger partial charge in [-0.05, 0) is 44.2 Å². The van der Waals surface area contributed by atoms with E-state index in [0.717, 1.165) is 11.8 Å². The normalized spacial score (nSPS) is 31.4. The first-order valence-electron chi connectivity index (χ1n) is 6.71. The minimum atomic E-state index is 0.642. The van der Waals surface area contributed by atoms with Gasteiger partial charge in [0.25, 0.3) is 0 Å². The highest BCUT2D eigenvalue weighted by Crippen LogP contribution is 2.37. The van der Waals surface area contributed by atoms with Gasteiger partial charge in [0, 0.05) is 19.1 Å². The van der Waals surface area contributed by atoms with Gasteiger partial charge in [-0.3, -0.25) is 0 Å². The Labute approximate surface area is 94.4 Å². The van der Waals surface area contributed by atoms with E-state index < -0.39 is 0 Å². The molecule has 1 aliphatic heterocycles. The molecule has 1 saturated heterocycles. The fourth-order valence-electron chi connectivity index (χ4n) is 3.21. The van der Waals surface area contributed by atoms with Gasteiger partial charge in [0.1, 0.15) is 0 Å². The summed E-state index contributed by atoms with van der Waals surface area (Å²) in [4.78, 5) is 2.69. The Morgan fingerprint density at radius 2 is 1.87 bits per heavy atom. The molecule has 88 valence electrons. The van der Waals surface area contributed by atoms with E-state index in [-0.39, 0.29) is 0 Å². The van der Waals surface area contributed by atoms with Gasteiger partial charge in [-0.1, -0.05) is 20.3 Å². The zero-order chi connectivity index (χ0) is 10.7. The van der Waals surface area contributed by atoms with E-state index in [1.165, 1.54) is 51.9 Å². The van der Waals surface area contributed by atoms with Crippen molar-refractivity contribution in [3.05, 3.63) is 0 Å². The van der Waals surface area contributed by atoms with Crippen LogP contribution in [0, 0.1) is 11.8 Å². The Bertz CT molecular complexity index is 179. The maximum Gasteiger partial charge on any atom is 0.00129 e. The van der Waals surface area contributed by atoms with Gasteiger partial charge in [-0.2, -0.15) is 0 Å². The molecule has 2 nitrogen and oxygen atoms in total. The summed E-state index contributed by atoms with van der Waals surface area (Å²) in [6, 6.07) is 0.642. The summed E-state index contributed by atoms with van der Waals surface area (Å²) in [7, 11) is 0. The van der Waals surface area contributed by atoms with Gasteiger partial charge in [0.05, 0.1) is 0 Å². The minimum Gasteiger partial charge on any atom is -0.314 e. The highest BCUT2D eigenvalue weighted by atomic mass is 15.2. The second kappa shape index (κ2) is 5.31. The fourth-order valence-corrected chi connectivity index (χ4v) is 3.21. The van der Waals surface area contributed by atoms with Crippen LogP contribution in [0.2, 0.25) is 0 Å². The maximum atomic E-state index is 3.49. The summed E-state index contributed by atoms with van der Waals surface area (Å²) in [6.45, 7) is 9.73. The van der Waals surface area contributed by atoms with E-state index in [1.54, 1.807) is 0 Å². The number of likely N-dealkylation sites (tertiary alicyclic amines) is 1. The van der Waals surface area contributed by atoms with Gasteiger partial charge in [-0.15, -0.1) is 0 Å². The van der Waals surface area contributed by atoms with Crippen LogP contribution < -0.4 is 5.32 Å². The van der Waals surface area contributed by atoms with Crippen LogP contribution in [0.4, 0.5) is 0 Å². The molecule has 0 radical (unpaired) electrons. The van der Waals surface area contributed by atoms with E-state index in [1.807, 2.05) is 0 Å². The van der Waals surface area contributed by atoms with Crippen molar-refractivity contribution in [3.8, 4) is 0 Å². The molecule has 1 N–H and O–H groups in total. The summed E-state index contributed by atoms with van der Waals surface area (Å²) in [5.41, 5.74) is 0. The minimum absolute atomic E-state index is 0.642. The van der Waals surface area contributed by atoms with Crippen molar-refractivity contribution in [1.29, 1.82) is 0 Å². The zero-order valence-electron chi connectivity index (χ0n) is 10.3. The fraction of sp³-hybridized carbons (Fsp3) is 1.00. The van der Waals surface area contributed by atoms with Crippen LogP contribution in [0.15, 0.2) is 0 Å². The van der Waals surface area contributed by atoms with Crippen molar-refractivity contribution >= 4 is 0 Å². The monoisotopic (exact) mass is 210 g/mol.